The molecule has 4 rings (SSSR count). The van der Waals surface area contributed by atoms with Gasteiger partial charge >= 0.3 is 0 Å². The van der Waals surface area contributed by atoms with Gasteiger partial charge in [0.15, 0.2) is 0 Å². The van der Waals surface area contributed by atoms with Crippen LogP contribution in [0.4, 0.5) is 10.2 Å². The number of aliphatic hydroxyl groups is 1. The predicted molar refractivity (Wildman–Crippen MR) is 148 cm³/mol. The first-order chi connectivity index (χ1) is 18.8. The Morgan fingerprint density at radius 1 is 1.15 bits per heavy atom. The van der Waals surface area contributed by atoms with Gasteiger partial charge in [-0.15, -0.1) is 5.10 Å². The van der Waals surface area contributed by atoms with Gasteiger partial charge in [0.2, 0.25) is 5.82 Å². The summed E-state index contributed by atoms with van der Waals surface area (Å²) in [5, 5.41) is 20.3. The number of rotatable bonds is 12. The van der Waals surface area contributed by atoms with Crippen molar-refractivity contribution >= 4 is 23.3 Å². The lowest BCUT2D eigenvalue weighted by Crippen LogP contribution is -2.26. The van der Waals surface area contributed by atoms with E-state index in [2.05, 4.69) is 25.5 Å². The fourth-order valence-electron chi connectivity index (χ4n) is 4.15. The maximum Gasteiger partial charge on any atom is 0.296 e. The molecule has 0 unspecified atom stereocenters. The van der Waals surface area contributed by atoms with Crippen LogP contribution >= 0.6 is 11.6 Å². The maximum absolute atomic E-state index is 13.9. The molecule has 0 fully saturated rings. The van der Waals surface area contributed by atoms with E-state index in [1.165, 1.54) is 6.07 Å². The van der Waals surface area contributed by atoms with Crippen LogP contribution in [0.25, 0.3) is 11.1 Å². The highest BCUT2D eigenvalue weighted by molar-refractivity contribution is 6.33. The zero-order valence-electron chi connectivity index (χ0n) is 21.9. The summed E-state index contributed by atoms with van der Waals surface area (Å²) in [6.45, 7) is 4.44. The number of H-pyrrole nitrogens is 1. The van der Waals surface area contributed by atoms with Gasteiger partial charge in [0.05, 0.1) is 12.2 Å². The first-order valence-electron chi connectivity index (χ1n) is 12.9. The van der Waals surface area contributed by atoms with Crippen molar-refractivity contribution in [3.05, 3.63) is 88.8 Å². The maximum atomic E-state index is 13.9. The Kier molecular flexibility index (Phi) is 9.27. The molecule has 2 aromatic heterocycles. The molecule has 0 aliphatic carbocycles. The third-order valence-corrected chi connectivity index (χ3v) is 7.00. The van der Waals surface area contributed by atoms with Gasteiger partial charge in [-0.1, -0.05) is 43.6 Å². The Balaban J connectivity index is 1.40. The molecule has 4 aromatic rings. The third kappa shape index (κ3) is 7.40. The minimum Gasteiger partial charge on any atom is -0.494 e. The topological polar surface area (TPSA) is 113 Å². The van der Waals surface area contributed by atoms with Crippen molar-refractivity contribution < 1.29 is 19.0 Å². The number of halogens is 2. The van der Waals surface area contributed by atoms with E-state index in [-0.39, 0.29) is 18.1 Å². The Labute approximate surface area is 231 Å². The first-order valence-corrected chi connectivity index (χ1v) is 13.2. The largest absolute Gasteiger partial charge is 0.494 e. The molecule has 0 aliphatic heterocycles. The van der Waals surface area contributed by atoms with Crippen molar-refractivity contribution in [2.45, 2.75) is 51.6 Å². The number of nitrogens with zero attached hydrogens (tertiary/aromatic N) is 3. The van der Waals surface area contributed by atoms with Gasteiger partial charge in [0, 0.05) is 23.2 Å². The summed E-state index contributed by atoms with van der Waals surface area (Å²) in [6.07, 6.45) is 4.55. The smallest absolute Gasteiger partial charge is 0.296 e. The molecule has 0 bridgehead atoms. The van der Waals surface area contributed by atoms with Gasteiger partial charge in [-0.25, -0.2) is 14.4 Å². The van der Waals surface area contributed by atoms with Crippen LogP contribution in [-0.4, -0.2) is 43.4 Å². The van der Waals surface area contributed by atoms with E-state index in [1.54, 1.807) is 48.7 Å². The van der Waals surface area contributed by atoms with Crippen molar-refractivity contribution in [1.82, 2.24) is 20.2 Å². The fourth-order valence-corrected chi connectivity index (χ4v) is 4.37. The van der Waals surface area contributed by atoms with Gasteiger partial charge < -0.3 is 15.2 Å². The van der Waals surface area contributed by atoms with E-state index in [4.69, 9.17) is 16.3 Å². The summed E-state index contributed by atoms with van der Waals surface area (Å²) in [5.74, 6) is 0.312. The van der Waals surface area contributed by atoms with E-state index in [0.717, 1.165) is 17.5 Å². The number of nitrogens with one attached hydrogen (secondary N) is 2. The van der Waals surface area contributed by atoms with Crippen molar-refractivity contribution in [2.75, 3.05) is 11.9 Å². The number of benzene rings is 2. The Bertz CT molecular complexity index is 1420. The molecule has 0 spiro atoms. The van der Waals surface area contributed by atoms with E-state index in [1.807, 2.05) is 19.9 Å². The molecule has 10 heteroatoms. The molecule has 2 aromatic carbocycles. The molecule has 1 amide bonds. The molecule has 0 radical (unpaired) electrons. The number of aromatic nitrogens is 4. The van der Waals surface area contributed by atoms with E-state index >= 15 is 0 Å². The van der Waals surface area contributed by atoms with Gasteiger partial charge in [0.25, 0.3) is 5.91 Å². The second kappa shape index (κ2) is 12.8. The Morgan fingerprint density at radius 3 is 2.72 bits per heavy atom. The standard InChI is InChI=1S/C29H31ClFN5O3/c1-3-29(38,4-2)13-7-15-39-21-10-11-23(30)22(18-21)19-12-14-32-25(16-19)34-28(37)27-33-26(35-36-27)17-20-8-5-6-9-24(20)31/h5-6,8-12,14,16,18,38H,3-4,7,13,15,17H2,1-2H3,(H,32,34,37)(H,33,35,36). The Morgan fingerprint density at radius 2 is 1.95 bits per heavy atom. The quantitative estimate of drug-likeness (QED) is 0.180. The van der Waals surface area contributed by atoms with Crippen molar-refractivity contribution in [1.29, 1.82) is 0 Å². The predicted octanol–water partition coefficient (Wildman–Crippen LogP) is 6.21. The highest BCUT2D eigenvalue weighted by Gasteiger charge is 2.21. The second-order valence-corrected chi connectivity index (χ2v) is 9.69. The van der Waals surface area contributed by atoms with Gasteiger partial charge in [0.1, 0.15) is 23.2 Å². The van der Waals surface area contributed by atoms with Crippen LogP contribution in [0, 0.1) is 5.82 Å². The first kappa shape index (κ1) is 28.2. The fraction of sp³-hybridized carbons (Fsp3) is 0.310. The van der Waals surface area contributed by atoms with Crippen LogP contribution in [0.5, 0.6) is 5.75 Å². The summed E-state index contributed by atoms with van der Waals surface area (Å²) in [5.41, 5.74) is 1.24. The normalized spacial score (nSPS) is 11.4. The average Bonchev–Trinajstić information content (AvgIpc) is 3.42. The minimum atomic E-state index is -0.654. The lowest BCUT2D eigenvalue weighted by atomic mass is 9.92. The van der Waals surface area contributed by atoms with E-state index in [9.17, 15) is 14.3 Å². The van der Waals surface area contributed by atoms with E-state index in [0.29, 0.717) is 53.8 Å². The molecule has 3 N–H and O–H groups in total. The molecule has 0 saturated carbocycles. The summed E-state index contributed by atoms with van der Waals surface area (Å²) >= 11 is 6.48. The summed E-state index contributed by atoms with van der Waals surface area (Å²) < 4.78 is 19.8. The lowest BCUT2D eigenvalue weighted by Gasteiger charge is -2.24. The third-order valence-electron chi connectivity index (χ3n) is 6.67. The number of aromatic amines is 1. The van der Waals surface area contributed by atoms with E-state index < -0.39 is 11.5 Å². The van der Waals surface area contributed by atoms with Crippen LogP contribution in [0.15, 0.2) is 60.8 Å². The molecule has 0 aliphatic rings. The molecular weight excluding hydrogens is 521 g/mol. The van der Waals surface area contributed by atoms with Crippen LogP contribution in [0.2, 0.25) is 5.02 Å². The number of hydrogen-bond donors (Lipinski definition) is 3. The van der Waals surface area contributed by atoms with Crippen molar-refractivity contribution in [3.63, 3.8) is 0 Å². The van der Waals surface area contributed by atoms with Crippen molar-refractivity contribution in [3.8, 4) is 16.9 Å². The molecule has 0 saturated heterocycles. The number of amides is 1. The average molecular weight is 552 g/mol. The molecule has 2 heterocycles. The van der Waals surface area contributed by atoms with Crippen LogP contribution < -0.4 is 10.1 Å². The number of hydrogen-bond acceptors (Lipinski definition) is 6. The summed E-state index contributed by atoms with van der Waals surface area (Å²) in [4.78, 5) is 21.1. The highest BCUT2D eigenvalue weighted by atomic mass is 35.5. The summed E-state index contributed by atoms with van der Waals surface area (Å²) in [6, 6.07) is 15.2. The number of carbonyl (C=O) groups is 1. The van der Waals surface area contributed by atoms with Gasteiger partial charge in [-0.05, 0) is 73.2 Å². The number of ether oxygens (including phenoxy) is 1. The van der Waals surface area contributed by atoms with Crippen LogP contribution in [0.1, 0.15) is 61.5 Å². The zero-order chi connectivity index (χ0) is 27.8. The summed E-state index contributed by atoms with van der Waals surface area (Å²) in [7, 11) is 0. The number of anilines is 1. The molecule has 8 nitrogen and oxygen atoms in total. The van der Waals surface area contributed by atoms with Gasteiger partial charge in [-0.3, -0.25) is 9.89 Å². The molecule has 204 valence electrons. The van der Waals surface area contributed by atoms with Crippen LogP contribution in [-0.2, 0) is 6.42 Å². The molecular formula is C29H31ClFN5O3. The van der Waals surface area contributed by atoms with Crippen LogP contribution in [0.3, 0.4) is 0 Å². The minimum absolute atomic E-state index is 0.0833. The lowest BCUT2D eigenvalue weighted by molar-refractivity contribution is 0.0185. The van der Waals surface area contributed by atoms with Gasteiger partial charge in [-0.2, -0.15) is 0 Å². The van der Waals surface area contributed by atoms with Crippen molar-refractivity contribution in [2.24, 2.45) is 0 Å². The monoisotopic (exact) mass is 551 g/mol. The zero-order valence-corrected chi connectivity index (χ0v) is 22.6. The highest BCUT2D eigenvalue weighted by Crippen LogP contribution is 2.32. The molecule has 39 heavy (non-hydrogen) atoms. The Hall–Kier alpha value is -3.82. The second-order valence-electron chi connectivity index (χ2n) is 9.28. The number of pyridine rings is 1. The SMILES string of the molecule is CCC(O)(CC)CCCOc1ccc(Cl)c(-c2ccnc(NC(=O)c3n[nH]c(Cc4ccccc4F)n3)c2)c1. The molecule has 0 atom stereocenters. The number of carbonyl (C=O) groups excluding carboxylic acids is 1.